The molecular formula is C25H22Cl2N4O. The molecule has 4 aromatic rings. The van der Waals surface area contributed by atoms with E-state index >= 15 is 0 Å². The third-order valence-corrected chi connectivity index (χ3v) is 6.31. The van der Waals surface area contributed by atoms with Gasteiger partial charge in [-0.1, -0.05) is 35.3 Å². The van der Waals surface area contributed by atoms with Crippen LogP contribution in [0.15, 0.2) is 60.8 Å². The van der Waals surface area contributed by atoms with Crippen molar-refractivity contribution in [1.29, 1.82) is 0 Å². The number of aromatic nitrogens is 2. The molecule has 2 aromatic carbocycles. The van der Waals surface area contributed by atoms with Crippen molar-refractivity contribution in [3.8, 4) is 17.0 Å². The van der Waals surface area contributed by atoms with E-state index in [0.717, 1.165) is 34.5 Å². The minimum absolute atomic E-state index is 0.130. The van der Waals surface area contributed by atoms with Crippen LogP contribution in [0.2, 0.25) is 10.0 Å². The maximum atomic E-state index is 9.85. The average molecular weight is 465 g/mol. The Morgan fingerprint density at radius 3 is 2.38 bits per heavy atom. The van der Waals surface area contributed by atoms with Crippen molar-refractivity contribution < 1.29 is 5.11 Å². The summed E-state index contributed by atoms with van der Waals surface area (Å²) in [7, 11) is 0. The van der Waals surface area contributed by atoms with E-state index in [9.17, 15) is 5.11 Å². The maximum absolute atomic E-state index is 9.85. The Bertz CT molecular complexity index is 1250. The number of aromatic hydroxyl groups is 1. The quantitative estimate of drug-likeness (QED) is 0.346. The summed E-state index contributed by atoms with van der Waals surface area (Å²) in [5.41, 5.74) is 6.11. The molecule has 1 saturated heterocycles. The van der Waals surface area contributed by atoms with Gasteiger partial charge in [-0.2, -0.15) is 0 Å². The highest BCUT2D eigenvalue weighted by Gasteiger charge is 2.13. The van der Waals surface area contributed by atoms with Gasteiger partial charge in [-0.05, 0) is 74.0 Å². The normalized spacial score (nSPS) is 14.2. The average Bonchev–Trinajstić information content (AvgIpc) is 3.31. The number of likely N-dealkylation sites (tertiary alicyclic amines) is 1. The molecule has 1 aliphatic heterocycles. The molecule has 0 bridgehead atoms. The zero-order valence-corrected chi connectivity index (χ0v) is 18.9. The molecule has 3 heterocycles. The summed E-state index contributed by atoms with van der Waals surface area (Å²) in [4.78, 5) is 11.7. The van der Waals surface area contributed by atoms with Crippen LogP contribution in [0.1, 0.15) is 18.4 Å². The minimum Gasteiger partial charge on any atom is -0.505 e. The summed E-state index contributed by atoms with van der Waals surface area (Å²) in [6.45, 7) is 3.38. The smallest absolute Gasteiger partial charge is 0.152 e. The van der Waals surface area contributed by atoms with Crippen LogP contribution in [0.25, 0.3) is 22.3 Å². The lowest BCUT2D eigenvalue weighted by molar-refractivity contribution is 0.331. The fourth-order valence-electron chi connectivity index (χ4n) is 4.05. The third kappa shape index (κ3) is 4.37. The van der Waals surface area contributed by atoms with Gasteiger partial charge < -0.3 is 10.4 Å². The van der Waals surface area contributed by atoms with E-state index in [4.69, 9.17) is 28.2 Å². The molecule has 0 spiro atoms. The second-order valence-corrected chi connectivity index (χ2v) is 8.83. The van der Waals surface area contributed by atoms with Crippen LogP contribution >= 0.6 is 23.2 Å². The number of nitrogens with zero attached hydrogens (tertiary/aromatic N) is 3. The monoisotopic (exact) mass is 464 g/mol. The zero-order valence-electron chi connectivity index (χ0n) is 17.4. The molecule has 2 N–H and O–H groups in total. The number of phenols is 1. The van der Waals surface area contributed by atoms with Gasteiger partial charge >= 0.3 is 0 Å². The molecule has 0 amide bonds. The first-order valence-electron chi connectivity index (χ1n) is 10.6. The number of pyridine rings is 2. The van der Waals surface area contributed by atoms with Crippen LogP contribution in [0.3, 0.4) is 0 Å². The van der Waals surface area contributed by atoms with E-state index in [1.54, 1.807) is 18.3 Å². The van der Waals surface area contributed by atoms with E-state index in [-0.39, 0.29) is 15.8 Å². The Balaban J connectivity index is 1.43. The van der Waals surface area contributed by atoms with Crippen molar-refractivity contribution in [2.75, 3.05) is 18.4 Å². The fourth-order valence-corrected chi connectivity index (χ4v) is 4.54. The predicted molar refractivity (Wildman–Crippen MR) is 131 cm³/mol. The van der Waals surface area contributed by atoms with Crippen LogP contribution in [0.5, 0.6) is 5.75 Å². The second kappa shape index (κ2) is 8.94. The van der Waals surface area contributed by atoms with Crippen LogP contribution in [0, 0.1) is 0 Å². The summed E-state index contributed by atoms with van der Waals surface area (Å²) in [6.07, 6.45) is 4.36. The number of hydrogen-bond acceptors (Lipinski definition) is 5. The lowest BCUT2D eigenvalue weighted by atomic mass is 10.1. The first-order valence-corrected chi connectivity index (χ1v) is 11.3. The summed E-state index contributed by atoms with van der Waals surface area (Å²) >= 11 is 12.2. The standard InChI is InChI=1S/C25H22Cl2N4O/c26-19-13-17(14-20(27)25(19)32)21-7-8-22-24(30-21)23(9-10-28-22)29-18-5-3-16(4-6-18)15-31-11-1-2-12-31/h3-10,13-14,32H,1-2,11-12,15H2,(H,28,29). The van der Waals surface area contributed by atoms with Gasteiger partial charge in [0, 0.05) is 24.0 Å². The summed E-state index contributed by atoms with van der Waals surface area (Å²) in [5, 5.41) is 13.7. The molecule has 5 rings (SSSR count). The van der Waals surface area contributed by atoms with Crippen molar-refractivity contribution in [2.45, 2.75) is 19.4 Å². The number of phenolic OH excluding ortho intramolecular Hbond substituents is 1. The molecule has 0 radical (unpaired) electrons. The fraction of sp³-hybridized carbons (Fsp3) is 0.200. The lowest BCUT2D eigenvalue weighted by Gasteiger charge is -2.15. The molecule has 1 fully saturated rings. The number of hydrogen-bond donors (Lipinski definition) is 2. The van der Waals surface area contributed by atoms with Crippen LogP contribution < -0.4 is 5.32 Å². The van der Waals surface area contributed by atoms with Gasteiger partial charge in [0.05, 0.1) is 26.9 Å². The highest BCUT2D eigenvalue weighted by Crippen LogP contribution is 2.36. The van der Waals surface area contributed by atoms with Crippen molar-refractivity contribution in [1.82, 2.24) is 14.9 Å². The largest absolute Gasteiger partial charge is 0.505 e. The molecular weight excluding hydrogens is 443 g/mol. The second-order valence-electron chi connectivity index (χ2n) is 8.02. The van der Waals surface area contributed by atoms with E-state index in [2.05, 4.69) is 39.5 Å². The highest BCUT2D eigenvalue weighted by molar-refractivity contribution is 6.37. The Morgan fingerprint density at radius 1 is 0.938 bits per heavy atom. The number of anilines is 2. The molecule has 0 atom stereocenters. The van der Waals surface area contributed by atoms with E-state index in [1.807, 2.05) is 18.2 Å². The summed E-state index contributed by atoms with van der Waals surface area (Å²) < 4.78 is 0. The molecule has 0 unspecified atom stereocenters. The molecule has 0 saturated carbocycles. The van der Waals surface area contributed by atoms with Gasteiger partial charge in [-0.25, -0.2) is 4.98 Å². The Kier molecular flexibility index (Phi) is 5.87. The van der Waals surface area contributed by atoms with Crippen molar-refractivity contribution >= 4 is 45.6 Å². The zero-order chi connectivity index (χ0) is 22.1. The number of benzene rings is 2. The topological polar surface area (TPSA) is 61.3 Å². The number of halogens is 2. The van der Waals surface area contributed by atoms with Gasteiger partial charge in [-0.3, -0.25) is 9.88 Å². The predicted octanol–water partition coefficient (Wildman–Crippen LogP) is 6.65. The number of nitrogens with one attached hydrogen (secondary N) is 1. The molecule has 2 aromatic heterocycles. The Hall–Kier alpha value is -2.86. The molecule has 1 aliphatic rings. The van der Waals surface area contributed by atoms with Crippen molar-refractivity contribution in [2.24, 2.45) is 0 Å². The third-order valence-electron chi connectivity index (χ3n) is 5.73. The summed E-state index contributed by atoms with van der Waals surface area (Å²) in [6, 6.07) is 17.5. The molecule has 7 heteroatoms. The Morgan fingerprint density at radius 2 is 1.66 bits per heavy atom. The SMILES string of the molecule is Oc1c(Cl)cc(-c2ccc3nccc(Nc4ccc(CN5CCCC5)cc4)c3n2)cc1Cl. The van der Waals surface area contributed by atoms with Crippen LogP contribution in [-0.2, 0) is 6.54 Å². The summed E-state index contributed by atoms with van der Waals surface area (Å²) in [5.74, 6) is -0.130. The van der Waals surface area contributed by atoms with Crippen LogP contribution in [-0.4, -0.2) is 33.1 Å². The first-order chi connectivity index (χ1) is 15.6. The molecule has 162 valence electrons. The van der Waals surface area contributed by atoms with Gasteiger partial charge in [0.2, 0.25) is 0 Å². The van der Waals surface area contributed by atoms with Crippen LogP contribution in [0.4, 0.5) is 11.4 Å². The van der Waals surface area contributed by atoms with E-state index in [0.29, 0.717) is 5.69 Å². The van der Waals surface area contributed by atoms with E-state index < -0.39 is 0 Å². The minimum atomic E-state index is -0.130. The van der Waals surface area contributed by atoms with Crippen molar-refractivity contribution in [3.63, 3.8) is 0 Å². The van der Waals surface area contributed by atoms with Gasteiger partial charge in [0.25, 0.3) is 0 Å². The molecule has 0 aliphatic carbocycles. The Labute approximate surface area is 196 Å². The maximum Gasteiger partial charge on any atom is 0.152 e. The van der Waals surface area contributed by atoms with E-state index in [1.165, 1.54) is 31.5 Å². The number of fused-ring (bicyclic) bond motifs is 1. The van der Waals surface area contributed by atoms with Crippen molar-refractivity contribution in [3.05, 3.63) is 76.4 Å². The highest BCUT2D eigenvalue weighted by atomic mass is 35.5. The van der Waals surface area contributed by atoms with Gasteiger partial charge in [0.1, 0.15) is 5.52 Å². The van der Waals surface area contributed by atoms with Gasteiger partial charge in [0.15, 0.2) is 5.75 Å². The number of rotatable bonds is 5. The molecule has 5 nitrogen and oxygen atoms in total. The lowest BCUT2D eigenvalue weighted by Crippen LogP contribution is -2.18. The molecule has 32 heavy (non-hydrogen) atoms. The first kappa shape index (κ1) is 21.0. The van der Waals surface area contributed by atoms with Gasteiger partial charge in [-0.15, -0.1) is 0 Å².